The van der Waals surface area contributed by atoms with Gasteiger partial charge in [-0.25, -0.2) is 4.98 Å². The van der Waals surface area contributed by atoms with Gasteiger partial charge in [-0.15, -0.1) is 0 Å². The van der Waals surface area contributed by atoms with Crippen LogP contribution in [0.3, 0.4) is 0 Å². The summed E-state index contributed by atoms with van der Waals surface area (Å²) < 4.78 is 4.72. The Morgan fingerprint density at radius 2 is 2.40 bits per heavy atom. The van der Waals surface area contributed by atoms with Gasteiger partial charge in [0.15, 0.2) is 5.78 Å². The van der Waals surface area contributed by atoms with Gasteiger partial charge < -0.3 is 9.84 Å². The maximum Gasteiger partial charge on any atom is 0.298 e. The zero-order valence-electron chi connectivity index (χ0n) is 7.84. The van der Waals surface area contributed by atoms with Gasteiger partial charge in [-0.05, 0) is 0 Å². The van der Waals surface area contributed by atoms with Crippen molar-refractivity contribution in [1.82, 2.24) is 4.98 Å². The van der Waals surface area contributed by atoms with Gasteiger partial charge in [0.25, 0.3) is 5.69 Å². The highest BCUT2D eigenvalue weighted by Crippen LogP contribution is 2.21. The smallest absolute Gasteiger partial charge is 0.298 e. The highest BCUT2D eigenvalue weighted by molar-refractivity contribution is 6.00. The third-order valence-corrected chi connectivity index (χ3v) is 1.71. The van der Waals surface area contributed by atoms with E-state index in [0.717, 1.165) is 12.3 Å². The molecule has 15 heavy (non-hydrogen) atoms. The van der Waals surface area contributed by atoms with Crippen LogP contribution >= 0.6 is 0 Å². The molecule has 0 aliphatic rings. The minimum Gasteiger partial charge on any atom is -0.481 e. The van der Waals surface area contributed by atoms with Crippen LogP contribution in [0.4, 0.5) is 5.69 Å². The number of carbonyl (C=O) groups excluding carboxylic acids is 1. The van der Waals surface area contributed by atoms with E-state index < -0.39 is 23.0 Å². The number of ether oxygens (including phenoxy) is 1. The quantitative estimate of drug-likeness (QED) is 0.433. The van der Waals surface area contributed by atoms with Crippen molar-refractivity contribution < 1.29 is 19.6 Å². The monoisotopic (exact) mass is 212 g/mol. The van der Waals surface area contributed by atoms with Crippen LogP contribution in [-0.2, 0) is 0 Å². The Kier molecular flexibility index (Phi) is 3.29. The maximum atomic E-state index is 11.2. The molecule has 0 spiro atoms. The number of hydrogen-bond acceptors (Lipinski definition) is 6. The molecule has 1 heterocycles. The van der Waals surface area contributed by atoms with E-state index in [4.69, 9.17) is 9.84 Å². The molecule has 0 aliphatic heterocycles. The van der Waals surface area contributed by atoms with Crippen LogP contribution in [0.1, 0.15) is 10.4 Å². The molecule has 1 rings (SSSR count). The lowest BCUT2D eigenvalue weighted by molar-refractivity contribution is -0.385. The topological polar surface area (TPSA) is 103 Å². The largest absolute Gasteiger partial charge is 0.481 e. The van der Waals surface area contributed by atoms with Crippen molar-refractivity contribution in [2.45, 2.75) is 0 Å². The van der Waals surface area contributed by atoms with Gasteiger partial charge in [0.2, 0.25) is 5.88 Å². The standard InChI is InChI=1S/C8H8N2O5/c1-15-8-2-5(7(12)4-11)6(3-9-8)10(13)14/h2-3,11H,4H2,1H3. The second kappa shape index (κ2) is 4.47. The summed E-state index contributed by atoms with van der Waals surface area (Å²) in [6, 6.07) is 1.12. The summed E-state index contributed by atoms with van der Waals surface area (Å²) in [6.45, 7) is -0.798. The van der Waals surface area contributed by atoms with E-state index in [0.29, 0.717) is 0 Å². The van der Waals surface area contributed by atoms with E-state index >= 15 is 0 Å². The molecule has 0 bridgehead atoms. The average Bonchev–Trinajstić information content (AvgIpc) is 2.26. The molecule has 1 N–H and O–H groups in total. The van der Waals surface area contributed by atoms with E-state index in [-0.39, 0.29) is 11.4 Å². The lowest BCUT2D eigenvalue weighted by Gasteiger charge is -2.02. The molecule has 0 radical (unpaired) electrons. The number of aliphatic hydroxyl groups excluding tert-OH is 1. The number of methoxy groups -OCH3 is 1. The molecular weight excluding hydrogens is 204 g/mol. The molecule has 0 fully saturated rings. The highest BCUT2D eigenvalue weighted by Gasteiger charge is 2.21. The fourth-order valence-electron chi connectivity index (χ4n) is 0.995. The summed E-state index contributed by atoms with van der Waals surface area (Å²) in [4.78, 5) is 24.6. The van der Waals surface area contributed by atoms with E-state index in [2.05, 4.69) is 4.98 Å². The van der Waals surface area contributed by atoms with Crippen molar-refractivity contribution >= 4 is 11.5 Å². The molecular formula is C8H8N2O5. The van der Waals surface area contributed by atoms with Crippen molar-refractivity contribution in [3.63, 3.8) is 0 Å². The predicted octanol–water partition coefficient (Wildman–Crippen LogP) is 0.173. The number of Topliss-reactive ketones (excluding diaryl/α,β-unsaturated/α-hetero) is 1. The number of rotatable bonds is 4. The fraction of sp³-hybridized carbons (Fsp3) is 0.250. The lowest BCUT2D eigenvalue weighted by Crippen LogP contribution is -2.08. The molecule has 80 valence electrons. The Balaban J connectivity index is 3.28. The lowest BCUT2D eigenvalue weighted by atomic mass is 10.1. The normalized spacial score (nSPS) is 9.73. The summed E-state index contributed by atoms with van der Waals surface area (Å²) in [5.74, 6) is -0.667. The number of nitro groups is 1. The number of aliphatic hydroxyl groups is 1. The number of pyridine rings is 1. The third kappa shape index (κ3) is 2.26. The molecule has 0 saturated heterocycles. The zero-order valence-corrected chi connectivity index (χ0v) is 7.84. The van der Waals surface area contributed by atoms with Gasteiger partial charge in [0.1, 0.15) is 18.4 Å². The Labute approximate surface area is 84.5 Å². The zero-order chi connectivity index (χ0) is 11.4. The van der Waals surface area contributed by atoms with Gasteiger partial charge in [0, 0.05) is 6.07 Å². The molecule has 0 unspecified atom stereocenters. The van der Waals surface area contributed by atoms with Gasteiger partial charge in [-0.3, -0.25) is 14.9 Å². The van der Waals surface area contributed by atoms with E-state index in [9.17, 15) is 14.9 Å². The number of hydrogen-bond donors (Lipinski definition) is 1. The predicted molar refractivity (Wildman–Crippen MR) is 48.9 cm³/mol. The van der Waals surface area contributed by atoms with Crippen LogP contribution in [0.2, 0.25) is 0 Å². The van der Waals surface area contributed by atoms with Gasteiger partial charge in [-0.2, -0.15) is 0 Å². The Morgan fingerprint density at radius 1 is 1.73 bits per heavy atom. The number of nitrogens with zero attached hydrogens (tertiary/aromatic N) is 2. The first-order chi connectivity index (χ1) is 7.10. The van der Waals surface area contributed by atoms with Crippen molar-refractivity contribution in [1.29, 1.82) is 0 Å². The first kappa shape index (κ1) is 11.1. The second-order valence-corrected chi connectivity index (χ2v) is 2.58. The molecule has 0 aliphatic carbocycles. The summed E-state index contributed by atoms with van der Waals surface area (Å²) >= 11 is 0. The minimum atomic E-state index is -0.798. The van der Waals surface area contributed by atoms with Crippen LogP contribution in [0.25, 0.3) is 0 Å². The SMILES string of the molecule is COc1cc(C(=O)CO)c([N+](=O)[O-])cn1. The van der Waals surface area contributed by atoms with Crippen molar-refractivity contribution in [2.75, 3.05) is 13.7 Å². The van der Waals surface area contributed by atoms with E-state index in [1.54, 1.807) is 0 Å². The highest BCUT2D eigenvalue weighted by atomic mass is 16.6. The number of carbonyl (C=O) groups is 1. The van der Waals surface area contributed by atoms with Crippen molar-refractivity contribution in [3.05, 3.63) is 27.9 Å². The van der Waals surface area contributed by atoms with Crippen molar-refractivity contribution in [2.24, 2.45) is 0 Å². The minimum absolute atomic E-state index is 0.0809. The average molecular weight is 212 g/mol. The van der Waals surface area contributed by atoms with E-state index in [1.165, 1.54) is 7.11 Å². The van der Waals surface area contributed by atoms with Gasteiger partial charge >= 0.3 is 0 Å². The van der Waals surface area contributed by atoms with Gasteiger partial charge in [-0.1, -0.05) is 0 Å². The van der Waals surface area contributed by atoms with Crippen LogP contribution in [0.5, 0.6) is 5.88 Å². The molecule has 1 aromatic heterocycles. The van der Waals surface area contributed by atoms with Gasteiger partial charge in [0.05, 0.1) is 12.0 Å². The molecule has 0 amide bonds. The Hall–Kier alpha value is -2.02. The molecule has 7 nitrogen and oxygen atoms in total. The fourth-order valence-corrected chi connectivity index (χ4v) is 0.995. The molecule has 0 aromatic carbocycles. The second-order valence-electron chi connectivity index (χ2n) is 2.58. The molecule has 7 heteroatoms. The maximum absolute atomic E-state index is 11.2. The summed E-state index contributed by atoms with van der Waals surface area (Å²) in [5.41, 5.74) is -0.663. The number of ketones is 1. The van der Waals surface area contributed by atoms with Crippen LogP contribution in [0.15, 0.2) is 12.3 Å². The van der Waals surface area contributed by atoms with Crippen LogP contribution in [-0.4, -0.2) is 34.5 Å². The summed E-state index contributed by atoms with van der Waals surface area (Å²) in [5, 5.41) is 19.2. The van der Waals surface area contributed by atoms with Crippen LogP contribution in [0, 0.1) is 10.1 Å². The molecule has 0 saturated carbocycles. The van der Waals surface area contributed by atoms with Crippen LogP contribution < -0.4 is 4.74 Å². The molecule has 1 aromatic rings. The first-order valence-electron chi connectivity index (χ1n) is 3.92. The van der Waals surface area contributed by atoms with Crippen molar-refractivity contribution in [3.8, 4) is 5.88 Å². The summed E-state index contributed by atoms with van der Waals surface area (Å²) in [6.07, 6.45) is 0.918. The Morgan fingerprint density at radius 3 is 2.87 bits per heavy atom. The number of aromatic nitrogens is 1. The first-order valence-corrected chi connectivity index (χ1v) is 3.92. The third-order valence-electron chi connectivity index (χ3n) is 1.71. The Bertz CT molecular complexity index is 404. The van der Waals surface area contributed by atoms with E-state index in [1.807, 2.05) is 0 Å². The molecule has 0 atom stereocenters. The summed E-state index contributed by atoms with van der Waals surface area (Å²) in [7, 11) is 1.32.